The lowest BCUT2D eigenvalue weighted by molar-refractivity contribution is -0.150. The molecule has 108 valence electrons. The highest BCUT2D eigenvalue weighted by molar-refractivity contribution is 5.74. The Kier molecular flexibility index (Phi) is 3.87. The molecule has 0 atom stereocenters. The Labute approximate surface area is 116 Å². The molecule has 0 saturated heterocycles. The monoisotopic (exact) mass is 278 g/mol. The lowest BCUT2D eigenvalue weighted by Gasteiger charge is -2.26. The molecule has 0 unspecified atom stereocenters. The Morgan fingerprint density at radius 2 is 2.15 bits per heavy atom. The summed E-state index contributed by atoms with van der Waals surface area (Å²) in [6.07, 6.45) is 2.58. The Morgan fingerprint density at radius 1 is 1.45 bits per heavy atom. The first-order valence-electron chi connectivity index (χ1n) is 6.58. The summed E-state index contributed by atoms with van der Waals surface area (Å²) in [6.45, 7) is 5.83. The first-order valence-corrected chi connectivity index (χ1v) is 6.58. The van der Waals surface area contributed by atoms with Crippen molar-refractivity contribution in [1.82, 2.24) is 20.2 Å². The molecule has 1 N–H and O–H groups in total. The molecule has 0 radical (unpaired) electrons. The molecule has 0 spiro atoms. The van der Waals surface area contributed by atoms with E-state index in [1.54, 1.807) is 6.26 Å². The molecule has 0 aliphatic carbocycles. The Bertz CT molecular complexity index is 598. The minimum atomic E-state index is -0.870. The van der Waals surface area contributed by atoms with Gasteiger partial charge in [0.2, 0.25) is 5.82 Å². The summed E-state index contributed by atoms with van der Waals surface area (Å²) in [4.78, 5) is 11.6. The van der Waals surface area contributed by atoms with Crippen molar-refractivity contribution < 1.29 is 14.3 Å². The summed E-state index contributed by atoms with van der Waals surface area (Å²) in [5.74, 6) is 0.196. The van der Waals surface area contributed by atoms with Gasteiger partial charge in [0.1, 0.15) is 0 Å². The molecule has 0 bridgehead atoms. The summed E-state index contributed by atoms with van der Waals surface area (Å²) < 4.78 is 6.89. The van der Waals surface area contributed by atoms with Crippen LogP contribution in [0, 0.1) is 12.3 Å². The van der Waals surface area contributed by atoms with E-state index in [4.69, 9.17) is 4.42 Å². The number of hydrogen-bond donors (Lipinski definition) is 1. The van der Waals surface area contributed by atoms with Gasteiger partial charge in [-0.1, -0.05) is 13.8 Å². The Morgan fingerprint density at radius 3 is 2.65 bits per heavy atom. The number of aliphatic carboxylic acids is 1. The molecular formula is C13H18N4O3. The van der Waals surface area contributed by atoms with Gasteiger partial charge in [-0.05, 0) is 41.8 Å². The molecule has 2 rings (SSSR count). The molecule has 7 nitrogen and oxygen atoms in total. The van der Waals surface area contributed by atoms with Crippen LogP contribution in [0.2, 0.25) is 0 Å². The maximum absolute atomic E-state index is 11.6. The number of nitrogens with zero attached hydrogens (tertiary/aromatic N) is 4. The van der Waals surface area contributed by atoms with Crippen LogP contribution in [0.4, 0.5) is 0 Å². The molecule has 0 aliphatic heterocycles. The number of carboxylic acids is 1. The van der Waals surface area contributed by atoms with Crippen LogP contribution >= 0.6 is 0 Å². The van der Waals surface area contributed by atoms with Crippen molar-refractivity contribution in [2.45, 2.75) is 40.2 Å². The molecule has 0 fully saturated rings. The van der Waals surface area contributed by atoms with E-state index in [2.05, 4.69) is 15.5 Å². The molecular weight excluding hydrogens is 260 g/mol. The van der Waals surface area contributed by atoms with Crippen molar-refractivity contribution in [1.29, 1.82) is 0 Å². The van der Waals surface area contributed by atoms with Crippen LogP contribution in [0.1, 0.15) is 32.3 Å². The average molecular weight is 278 g/mol. The fourth-order valence-electron chi connectivity index (χ4n) is 2.21. The third kappa shape index (κ3) is 2.31. The van der Waals surface area contributed by atoms with Gasteiger partial charge >= 0.3 is 5.97 Å². The van der Waals surface area contributed by atoms with Crippen LogP contribution in [0.25, 0.3) is 11.6 Å². The zero-order valence-electron chi connectivity index (χ0n) is 11.8. The number of hydrogen-bond acceptors (Lipinski definition) is 5. The Balaban J connectivity index is 2.38. The van der Waals surface area contributed by atoms with Crippen LogP contribution in [0.15, 0.2) is 16.7 Å². The van der Waals surface area contributed by atoms with Gasteiger partial charge in [0, 0.05) is 0 Å². The van der Waals surface area contributed by atoms with Crippen molar-refractivity contribution in [3.63, 3.8) is 0 Å². The molecule has 0 saturated carbocycles. The maximum Gasteiger partial charge on any atom is 0.311 e. The topological polar surface area (TPSA) is 94.0 Å². The van der Waals surface area contributed by atoms with Gasteiger partial charge in [-0.3, -0.25) is 4.79 Å². The third-order valence-electron chi connectivity index (χ3n) is 3.86. The van der Waals surface area contributed by atoms with E-state index < -0.39 is 11.4 Å². The summed E-state index contributed by atoms with van der Waals surface area (Å²) in [7, 11) is 0. The average Bonchev–Trinajstić information content (AvgIpc) is 3.04. The number of tetrazole rings is 1. The van der Waals surface area contributed by atoms with Gasteiger partial charge in [0.05, 0.1) is 18.2 Å². The molecule has 0 aromatic carbocycles. The second-order valence-electron chi connectivity index (χ2n) is 4.89. The lowest BCUT2D eigenvalue weighted by atomic mass is 9.82. The number of carbonyl (C=O) groups is 1. The smallest absolute Gasteiger partial charge is 0.311 e. The van der Waals surface area contributed by atoms with Crippen LogP contribution in [0.5, 0.6) is 0 Å². The quantitative estimate of drug-likeness (QED) is 0.869. The maximum atomic E-state index is 11.6. The highest BCUT2D eigenvalue weighted by Crippen LogP contribution is 2.31. The van der Waals surface area contributed by atoms with Gasteiger partial charge < -0.3 is 9.52 Å². The van der Waals surface area contributed by atoms with Crippen molar-refractivity contribution in [2.24, 2.45) is 5.41 Å². The van der Waals surface area contributed by atoms with Crippen molar-refractivity contribution >= 4 is 5.97 Å². The summed E-state index contributed by atoms with van der Waals surface area (Å²) in [5, 5.41) is 21.0. The van der Waals surface area contributed by atoms with Crippen molar-refractivity contribution in [3.05, 3.63) is 17.9 Å². The lowest BCUT2D eigenvalue weighted by Crippen LogP contribution is -2.35. The van der Waals surface area contributed by atoms with E-state index in [1.165, 1.54) is 4.68 Å². The predicted molar refractivity (Wildman–Crippen MR) is 70.9 cm³/mol. The first-order chi connectivity index (χ1) is 9.54. The zero-order chi connectivity index (χ0) is 14.8. The number of rotatable bonds is 6. The van der Waals surface area contributed by atoms with Crippen molar-refractivity contribution in [3.8, 4) is 11.6 Å². The predicted octanol–water partition coefficient (Wildman–Crippen LogP) is 2.13. The van der Waals surface area contributed by atoms with E-state index >= 15 is 0 Å². The first kappa shape index (κ1) is 14.2. The van der Waals surface area contributed by atoms with E-state index in [-0.39, 0.29) is 6.54 Å². The summed E-state index contributed by atoms with van der Waals surface area (Å²) in [6, 6.07) is 1.82. The summed E-state index contributed by atoms with van der Waals surface area (Å²) >= 11 is 0. The number of carboxylic acid groups (broad SMARTS) is 1. The van der Waals surface area contributed by atoms with Gasteiger partial charge in [0.25, 0.3) is 0 Å². The van der Waals surface area contributed by atoms with Crippen LogP contribution in [0.3, 0.4) is 0 Å². The van der Waals surface area contributed by atoms with Gasteiger partial charge in [-0.25, -0.2) is 4.68 Å². The number of aromatic nitrogens is 4. The standard InChI is InChI=1S/C13H18N4O3/c1-4-13(5-2,12(18)19)8-17-11(14-15-16-17)10-9(3)6-7-20-10/h6-7H,4-5,8H2,1-3H3,(H,18,19). The Hall–Kier alpha value is -2.18. The SMILES string of the molecule is CCC(CC)(Cn1nnnc1-c1occc1C)C(=O)O. The highest BCUT2D eigenvalue weighted by Gasteiger charge is 2.37. The van der Waals surface area contributed by atoms with E-state index in [0.29, 0.717) is 24.4 Å². The van der Waals surface area contributed by atoms with E-state index in [1.807, 2.05) is 26.8 Å². The zero-order valence-corrected chi connectivity index (χ0v) is 11.8. The molecule has 0 amide bonds. The third-order valence-corrected chi connectivity index (χ3v) is 3.86. The largest absolute Gasteiger partial charge is 0.481 e. The van der Waals surface area contributed by atoms with E-state index in [9.17, 15) is 9.90 Å². The minimum Gasteiger partial charge on any atom is -0.481 e. The van der Waals surface area contributed by atoms with Crippen LogP contribution in [-0.2, 0) is 11.3 Å². The molecule has 0 aliphatic rings. The van der Waals surface area contributed by atoms with Gasteiger partial charge in [0.15, 0.2) is 5.76 Å². The van der Waals surface area contributed by atoms with Gasteiger partial charge in [-0.15, -0.1) is 5.10 Å². The number of aryl methyl sites for hydroxylation is 1. The summed E-state index contributed by atoms with van der Waals surface area (Å²) in [5.41, 5.74) is 0.0416. The molecule has 2 aromatic rings. The molecule has 2 aromatic heterocycles. The molecule has 20 heavy (non-hydrogen) atoms. The van der Waals surface area contributed by atoms with Crippen LogP contribution < -0.4 is 0 Å². The molecule has 7 heteroatoms. The second kappa shape index (κ2) is 5.44. The fraction of sp³-hybridized carbons (Fsp3) is 0.538. The van der Waals surface area contributed by atoms with Gasteiger partial charge in [-0.2, -0.15) is 0 Å². The van der Waals surface area contributed by atoms with Crippen LogP contribution in [-0.4, -0.2) is 31.3 Å². The van der Waals surface area contributed by atoms with Crippen molar-refractivity contribution in [2.75, 3.05) is 0 Å². The normalized spacial score (nSPS) is 11.8. The molecule has 2 heterocycles. The van der Waals surface area contributed by atoms with E-state index in [0.717, 1.165) is 5.56 Å². The second-order valence-corrected chi connectivity index (χ2v) is 4.89. The highest BCUT2D eigenvalue weighted by atomic mass is 16.4. The number of furan rings is 1. The minimum absolute atomic E-state index is 0.220. The fourth-order valence-corrected chi connectivity index (χ4v) is 2.21.